The molecular formula is C17H13ClF2N2O3S. The van der Waals surface area contributed by atoms with Crippen molar-refractivity contribution in [2.45, 2.75) is 24.0 Å². The van der Waals surface area contributed by atoms with Crippen LogP contribution in [-0.2, 0) is 4.79 Å². The Bertz CT molecular complexity index is 935. The number of oxazole rings is 1. The second-order valence-corrected chi connectivity index (χ2v) is 6.94. The molecule has 0 aliphatic heterocycles. The average Bonchev–Trinajstić information content (AvgIpc) is 2.97. The zero-order valence-electron chi connectivity index (χ0n) is 13.4. The van der Waals surface area contributed by atoms with E-state index in [0.29, 0.717) is 21.3 Å². The first-order chi connectivity index (χ1) is 12.4. The number of alkyl halides is 2. The fourth-order valence-corrected chi connectivity index (χ4v) is 3.05. The molecule has 0 unspecified atom stereocenters. The van der Waals surface area contributed by atoms with Gasteiger partial charge in [0.2, 0.25) is 5.91 Å². The predicted molar refractivity (Wildman–Crippen MR) is 96.0 cm³/mol. The number of carbonyl (C=O) groups excluding carboxylic acids is 1. The van der Waals surface area contributed by atoms with E-state index in [1.807, 2.05) is 0 Å². The van der Waals surface area contributed by atoms with Gasteiger partial charge in [0.15, 0.2) is 5.58 Å². The highest BCUT2D eigenvalue weighted by molar-refractivity contribution is 8.00. The molecule has 0 radical (unpaired) electrons. The van der Waals surface area contributed by atoms with Gasteiger partial charge in [0, 0.05) is 11.1 Å². The Kier molecular flexibility index (Phi) is 5.63. The van der Waals surface area contributed by atoms with E-state index in [9.17, 15) is 13.6 Å². The van der Waals surface area contributed by atoms with Crippen LogP contribution in [0.2, 0.25) is 5.02 Å². The number of hydrogen-bond acceptors (Lipinski definition) is 5. The minimum Gasteiger partial charge on any atom is -0.433 e. The number of halogens is 3. The summed E-state index contributed by atoms with van der Waals surface area (Å²) in [6.45, 7) is -1.33. The molecule has 26 heavy (non-hydrogen) atoms. The number of anilines is 1. The summed E-state index contributed by atoms with van der Waals surface area (Å²) in [5.74, 6) is -0.509. The third kappa shape index (κ3) is 4.44. The summed E-state index contributed by atoms with van der Waals surface area (Å²) in [6.07, 6.45) is 0. The van der Waals surface area contributed by atoms with E-state index in [-0.39, 0.29) is 11.4 Å². The summed E-state index contributed by atoms with van der Waals surface area (Å²) >= 11 is 7.00. The standard InChI is InChI=1S/C17H13ClF2N2O3S/c1-9(26-17-22-12-7-6-10(18)8-14(12)25-17)15(23)21-11-4-2-3-5-13(11)24-16(19)20/h2-9,16H,1H3,(H,21,23)/t9-/m1/s1. The molecule has 0 fully saturated rings. The van der Waals surface area contributed by atoms with E-state index >= 15 is 0 Å². The first-order valence-electron chi connectivity index (χ1n) is 7.50. The van der Waals surface area contributed by atoms with Crippen molar-refractivity contribution < 1.29 is 22.7 Å². The Morgan fingerprint density at radius 1 is 1.31 bits per heavy atom. The lowest BCUT2D eigenvalue weighted by molar-refractivity contribution is -0.115. The van der Waals surface area contributed by atoms with E-state index in [0.717, 1.165) is 11.8 Å². The van der Waals surface area contributed by atoms with Crippen molar-refractivity contribution in [1.29, 1.82) is 0 Å². The SMILES string of the molecule is C[C@@H](Sc1nc2ccc(Cl)cc2o1)C(=O)Nc1ccccc1OC(F)F. The summed E-state index contributed by atoms with van der Waals surface area (Å²) in [7, 11) is 0. The number of nitrogens with zero attached hydrogens (tertiary/aromatic N) is 1. The van der Waals surface area contributed by atoms with Crippen molar-refractivity contribution >= 4 is 46.1 Å². The van der Waals surface area contributed by atoms with Crippen LogP contribution in [0.5, 0.6) is 5.75 Å². The highest BCUT2D eigenvalue weighted by Gasteiger charge is 2.20. The Labute approximate surface area is 156 Å². The monoisotopic (exact) mass is 398 g/mol. The Hall–Kier alpha value is -2.32. The van der Waals surface area contributed by atoms with Crippen LogP contribution in [0.4, 0.5) is 14.5 Å². The molecule has 3 rings (SSSR count). The molecule has 1 aromatic heterocycles. The lowest BCUT2D eigenvalue weighted by Crippen LogP contribution is -2.23. The highest BCUT2D eigenvalue weighted by atomic mass is 35.5. The Morgan fingerprint density at radius 3 is 2.85 bits per heavy atom. The number of rotatable bonds is 6. The van der Waals surface area contributed by atoms with Gasteiger partial charge in [-0.15, -0.1) is 0 Å². The molecule has 0 aliphatic rings. The Morgan fingerprint density at radius 2 is 2.08 bits per heavy atom. The van der Waals surface area contributed by atoms with E-state index < -0.39 is 17.8 Å². The number of nitrogens with one attached hydrogen (secondary N) is 1. The molecule has 1 N–H and O–H groups in total. The lowest BCUT2D eigenvalue weighted by atomic mass is 10.3. The maximum atomic E-state index is 12.4. The van der Waals surface area contributed by atoms with Gasteiger partial charge in [-0.1, -0.05) is 35.5 Å². The number of thioether (sulfide) groups is 1. The molecule has 0 saturated heterocycles. The number of para-hydroxylation sites is 2. The summed E-state index contributed by atoms with van der Waals surface area (Å²) in [5.41, 5.74) is 1.30. The average molecular weight is 399 g/mol. The van der Waals surface area contributed by atoms with Crippen LogP contribution < -0.4 is 10.1 Å². The second kappa shape index (κ2) is 7.92. The molecule has 1 atom stereocenters. The summed E-state index contributed by atoms with van der Waals surface area (Å²) in [5, 5.41) is 2.81. The van der Waals surface area contributed by atoms with Crippen LogP contribution in [-0.4, -0.2) is 22.8 Å². The number of ether oxygens (including phenoxy) is 1. The molecule has 9 heteroatoms. The van der Waals surface area contributed by atoms with Gasteiger partial charge in [0.1, 0.15) is 11.3 Å². The van der Waals surface area contributed by atoms with Crippen LogP contribution in [0.25, 0.3) is 11.1 Å². The lowest BCUT2D eigenvalue weighted by Gasteiger charge is -2.13. The number of carbonyl (C=O) groups is 1. The normalized spacial score (nSPS) is 12.3. The van der Waals surface area contributed by atoms with Crippen LogP contribution >= 0.6 is 23.4 Å². The third-order valence-electron chi connectivity index (χ3n) is 3.34. The number of fused-ring (bicyclic) bond motifs is 1. The van der Waals surface area contributed by atoms with Gasteiger partial charge in [0.05, 0.1) is 10.9 Å². The molecule has 1 heterocycles. The van der Waals surface area contributed by atoms with Crippen molar-refractivity contribution in [3.05, 3.63) is 47.5 Å². The van der Waals surface area contributed by atoms with E-state index in [1.165, 1.54) is 18.2 Å². The zero-order valence-corrected chi connectivity index (χ0v) is 15.0. The number of hydrogen-bond donors (Lipinski definition) is 1. The van der Waals surface area contributed by atoms with Gasteiger partial charge < -0.3 is 14.5 Å². The smallest absolute Gasteiger partial charge is 0.387 e. The predicted octanol–water partition coefficient (Wildman–Crippen LogP) is 5.20. The maximum Gasteiger partial charge on any atom is 0.387 e. The first kappa shape index (κ1) is 18.5. The first-order valence-corrected chi connectivity index (χ1v) is 8.75. The van der Waals surface area contributed by atoms with Crippen molar-refractivity contribution in [1.82, 2.24) is 4.98 Å². The van der Waals surface area contributed by atoms with Gasteiger partial charge in [-0.2, -0.15) is 8.78 Å². The van der Waals surface area contributed by atoms with Crippen molar-refractivity contribution in [3.63, 3.8) is 0 Å². The topological polar surface area (TPSA) is 64.4 Å². The summed E-state index contributed by atoms with van der Waals surface area (Å²) in [6, 6.07) is 11.0. The largest absolute Gasteiger partial charge is 0.433 e. The highest BCUT2D eigenvalue weighted by Crippen LogP contribution is 2.30. The van der Waals surface area contributed by atoms with E-state index in [1.54, 1.807) is 31.2 Å². The van der Waals surface area contributed by atoms with Crippen LogP contribution in [0.15, 0.2) is 52.1 Å². The molecule has 2 aromatic carbocycles. The van der Waals surface area contributed by atoms with Gasteiger partial charge in [-0.25, -0.2) is 4.98 Å². The maximum absolute atomic E-state index is 12.4. The fourth-order valence-electron chi connectivity index (χ4n) is 2.14. The molecule has 0 aliphatic carbocycles. The van der Waals surface area contributed by atoms with Crippen molar-refractivity contribution in [2.75, 3.05) is 5.32 Å². The second-order valence-electron chi connectivity index (χ2n) is 5.22. The molecule has 0 spiro atoms. The van der Waals surface area contributed by atoms with Crippen molar-refractivity contribution in [2.24, 2.45) is 0 Å². The van der Waals surface area contributed by atoms with Gasteiger partial charge in [-0.3, -0.25) is 4.79 Å². The van der Waals surface area contributed by atoms with E-state index in [4.69, 9.17) is 16.0 Å². The third-order valence-corrected chi connectivity index (χ3v) is 4.52. The molecular weight excluding hydrogens is 386 g/mol. The number of benzene rings is 2. The van der Waals surface area contributed by atoms with E-state index in [2.05, 4.69) is 15.0 Å². The van der Waals surface area contributed by atoms with Gasteiger partial charge in [0.25, 0.3) is 5.22 Å². The minimum absolute atomic E-state index is 0.107. The minimum atomic E-state index is -2.98. The quantitative estimate of drug-likeness (QED) is 0.578. The van der Waals surface area contributed by atoms with Gasteiger partial charge in [-0.05, 0) is 31.2 Å². The van der Waals surface area contributed by atoms with Crippen LogP contribution in [0.1, 0.15) is 6.92 Å². The number of amides is 1. The molecule has 136 valence electrons. The van der Waals surface area contributed by atoms with Gasteiger partial charge >= 0.3 is 6.61 Å². The molecule has 3 aromatic rings. The van der Waals surface area contributed by atoms with Crippen LogP contribution in [0, 0.1) is 0 Å². The zero-order chi connectivity index (χ0) is 18.7. The number of aromatic nitrogens is 1. The van der Waals surface area contributed by atoms with Crippen molar-refractivity contribution in [3.8, 4) is 5.75 Å². The summed E-state index contributed by atoms with van der Waals surface area (Å²) < 4.78 is 34.8. The van der Waals surface area contributed by atoms with Crippen LogP contribution in [0.3, 0.4) is 0 Å². The Balaban J connectivity index is 1.69. The fraction of sp³-hybridized carbons (Fsp3) is 0.176. The molecule has 0 bridgehead atoms. The molecule has 1 amide bonds. The molecule has 0 saturated carbocycles. The summed E-state index contributed by atoms with van der Waals surface area (Å²) in [4.78, 5) is 16.6. The molecule has 5 nitrogen and oxygen atoms in total.